The molecule has 0 atom stereocenters. The van der Waals surface area contributed by atoms with E-state index in [4.69, 9.17) is 0 Å². The summed E-state index contributed by atoms with van der Waals surface area (Å²) < 4.78 is 26.8. The number of benzene rings is 1. The molecule has 0 aliphatic carbocycles. The van der Waals surface area contributed by atoms with Gasteiger partial charge in [-0.1, -0.05) is 0 Å². The fourth-order valence-electron chi connectivity index (χ4n) is 2.47. The number of aliphatic imine (C=N–C) groups is 1. The lowest BCUT2D eigenvalue weighted by Gasteiger charge is -2.11. The first-order valence-electron chi connectivity index (χ1n) is 8.38. The van der Waals surface area contributed by atoms with Gasteiger partial charge in [0.1, 0.15) is 11.6 Å². The summed E-state index contributed by atoms with van der Waals surface area (Å²) in [6.45, 7) is 7.86. The minimum Gasteiger partial charge on any atom is -0.357 e. The molecule has 1 aromatic heterocycles. The molecule has 0 aliphatic heterocycles. The molecule has 144 valence electrons. The smallest absolute Gasteiger partial charge is 0.191 e. The minimum absolute atomic E-state index is 0. The van der Waals surface area contributed by atoms with E-state index in [2.05, 4.69) is 20.6 Å². The van der Waals surface area contributed by atoms with Gasteiger partial charge in [0.05, 0.1) is 10.7 Å². The Morgan fingerprint density at radius 1 is 1.19 bits per heavy atom. The largest absolute Gasteiger partial charge is 0.357 e. The van der Waals surface area contributed by atoms with Crippen molar-refractivity contribution in [2.75, 3.05) is 19.6 Å². The van der Waals surface area contributed by atoms with Gasteiger partial charge in [-0.3, -0.25) is 4.99 Å². The van der Waals surface area contributed by atoms with Crippen LogP contribution in [0.4, 0.5) is 8.78 Å². The fourth-order valence-corrected chi connectivity index (χ4v) is 3.39. The van der Waals surface area contributed by atoms with Crippen molar-refractivity contribution in [3.05, 3.63) is 51.0 Å². The zero-order chi connectivity index (χ0) is 18.2. The molecule has 26 heavy (non-hydrogen) atoms. The van der Waals surface area contributed by atoms with E-state index in [1.54, 1.807) is 11.3 Å². The Bertz CT molecular complexity index is 734. The molecule has 0 radical (unpaired) electrons. The third kappa shape index (κ3) is 7.14. The molecule has 2 aromatic rings. The number of aromatic nitrogens is 1. The highest BCUT2D eigenvalue weighted by atomic mass is 127. The Hall–Kier alpha value is -1.29. The average Bonchev–Trinajstić information content (AvgIpc) is 2.88. The predicted molar refractivity (Wildman–Crippen MR) is 115 cm³/mol. The van der Waals surface area contributed by atoms with Crippen molar-refractivity contribution in [1.29, 1.82) is 0 Å². The van der Waals surface area contributed by atoms with Crippen LogP contribution in [0.3, 0.4) is 0 Å². The van der Waals surface area contributed by atoms with E-state index in [1.807, 2.05) is 20.8 Å². The molecular weight excluding hydrogens is 469 g/mol. The van der Waals surface area contributed by atoms with Gasteiger partial charge in [0.2, 0.25) is 0 Å². The second kappa shape index (κ2) is 11.4. The van der Waals surface area contributed by atoms with Crippen LogP contribution in [0.25, 0.3) is 0 Å². The Morgan fingerprint density at radius 3 is 2.62 bits per heavy atom. The minimum atomic E-state index is -0.424. The van der Waals surface area contributed by atoms with E-state index < -0.39 is 5.82 Å². The summed E-state index contributed by atoms with van der Waals surface area (Å²) in [5.74, 6) is -0.133. The van der Waals surface area contributed by atoms with Crippen LogP contribution in [0.1, 0.15) is 28.1 Å². The van der Waals surface area contributed by atoms with Crippen molar-refractivity contribution in [2.24, 2.45) is 4.99 Å². The van der Waals surface area contributed by atoms with E-state index in [-0.39, 0.29) is 29.8 Å². The maximum atomic E-state index is 13.6. The number of nitrogens with one attached hydrogen (secondary N) is 2. The van der Waals surface area contributed by atoms with Crippen molar-refractivity contribution in [2.45, 2.75) is 33.6 Å². The van der Waals surface area contributed by atoms with Crippen LogP contribution in [0, 0.1) is 25.5 Å². The van der Waals surface area contributed by atoms with Gasteiger partial charge in [0.15, 0.2) is 5.96 Å². The first-order valence-corrected chi connectivity index (χ1v) is 9.20. The zero-order valence-corrected chi connectivity index (χ0v) is 18.4. The van der Waals surface area contributed by atoms with Gasteiger partial charge in [0, 0.05) is 30.9 Å². The first kappa shape index (κ1) is 22.8. The number of thiazole rings is 1. The fraction of sp³-hybridized carbons (Fsp3) is 0.444. The number of rotatable bonds is 7. The second-order valence-electron chi connectivity index (χ2n) is 5.66. The number of halogens is 3. The average molecular weight is 494 g/mol. The Labute approximate surface area is 174 Å². The van der Waals surface area contributed by atoms with E-state index in [0.717, 1.165) is 35.8 Å². The van der Waals surface area contributed by atoms with Crippen molar-refractivity contribution in [3.63, 3.8) is 0 Å². The molecule has 8 heteroatoms. The van der Waals surface area contributed by atoms with Gasteiger partial charge < -0.3 is 10.6 Å². The van der Waals surface area contributed by atoms with Crippen LogP contribution in [0.5, 0.6) is 0 Å². The predicted octanol–water partition coefficient (Wildman–Crippen LogP) is 4.00. The van der Waals surface area contributed by atoms with Gasteiger partial charge in [-0.2, -0.15) is 0 Å². The molecule has 2 N–H and O–H groups in total. The monoisotopic (exact) mass is 494 g/mol. The van der Waals surface area contributed by atoms with E-state index in [0.29, 0.717) is 31.0 Å². The van der Waals surface area contributed by atoms with Gasteiger partial charge in [-0.15, -0.1) is 35.3 Å². The highest BCUT2D eigenvalue weighted by Gasteiger charge is 2.06. The van der Waals surface area contributed by atoms with Crippen LogP contribution in [0.15, 0.2) is 23.2 Å². The van der Waals surface area contributed by atoms with Crippen molar-refractivity contribution < 1.29 is 8.78 Å². The first-order chi connectivity index (χ1) is 12.0. The Morgan fingerprint density at radius 2 is 1.96 bits per heavy atom. The molecule has 0 unspecified atom stereocenters. The Balaban J connectivity index is 0.00000338. The van der Waals surface area contributed by atoms with E-state index in [1.165, 1.54) is 10.9 Å². The second-order valence-corrected chi connectivity index (χ2v) is 6.95. The summed E-state index contributed by atoms with van der Waals surface area (Å²) in [5, 5.41) is 7.39. The maximum absolute atomic E-state index is 13.6. The lowest BCUT2D eigenvalue weighted by Crippen LogP contribution is -2.38. The van der Waals surface area contributed by atoms with E-state index >= 15 is 0 Å². The summed E-state index contributed by atoms with van der Waals surface area (Å²) in [6.07, 6.45) is 1.23. The molecule has 0 saturated heterocycles. The summed E-state index contributed by atoms with van der Waals surface area (Å²) in [5.41, 5.74) is 1.43. The molecule has 0 amide bonds. The zero-order valence-electron chi connectivity index (χ0n) is 15.2. The van der Waals surface area contributed by atoms with Crippen LogP contribution in [0.2, 0.25) is 0 Å². The quantitative estimate of drug-likeness (QED) is 0.348. The molecule has 1 heterocycles. The SMILES string of the molecule is CCNC(=NCCc1sc(C)nc1C)NCCc1cc(F)ccc1F.I. The maximum Gasteiger partial charge on any atom is 0.191 e. The van der Waals surface area contributed by atoms with Crippen LogP contribution in [-0.4, -0.2) is 30.6 Å². The summed E-state index contributed by atoms with van der Waals surface area (Å²) in [4.78, 5) is 10.2. The highest BCUT2D eigenvalue weighted by molar-refractivity contribution is 14.0. The van der Waals surface area contributed by atoms with Crippen molar-refractivity contribution in [1.82, 2.24) is 15.6 Å². The van der Waals surface area contributed by atoms with Gasteiger partial charge in [-0.05, 0) is 51.0 Å². The van der Waals surface area contributed by atoms with Crippen LogP contribution in [-0.2, 0) is 12.8 Å². The highest BCUT2D eigenvalue weighted by Crippen LogP contribution is 2.17. The Kier molecular flexibility index (Phi) is 10.0. The lowest BCUT2D eigenvalue weighted by atomic mass is 10.1. The summed E-state index contributed by atoms with van der Waals surface area (Å²) in [7, 11) is 0. The van der Waals surface area contributed by atoms with Crippen molar-refractivity contribution >= 4 is 41.3 Å². The third-order valence-electron chi connectivity index (χ3n) is 3.65. The number of nitrogens with zero attached hydrogens (tertiary/aromatic N) is 2. The van der Waals surface area contributed by atoms with Gasteiger partial charge >= 0.3 is 0 Å². The molecular formula is C18H25F2IN4S. The number of aryl methyl sites for hydroxylation is 2. The van der Waals surface area contributed by atoms with E-state index in [9.17, 15) is 8.78 Å². The van der Waals surface area contributed by atoms with Gasteiger partial charge in [0.25, 0.3) is 0 Å². The molecule has 2 rings (SSSR count). The summed E-state index contributed by atoms with van der Waals surface area (Å²) in [6, 6.07) is 3.51. The molecule has 0 spiro atoms. The topological polar surface area (TPSA) is 49.3 Å². The molecule has 0 aliphatic rings. The van der Waals surface area contributed by atoms with Crippen LogP contribution >= 0.6 is 35.3 Å². The third-order valence-corrected chi connectivity index (χ3v) is 4.78. The molecule has 1 aromatic carbocycles. The lowest BCUT2D eigenvalue weighted by molar-refractivity contribution is 0.583. The van der Waals surface area contributed by atoms with Crippen LogP contribution < -0.4 is 10.6 Å². The molecule has 0 fully saturated rings. The van der Waals surface area contributed by atoms with Gasteiger partial charge in [-0.25, -0.2) is 13.8 Å². The molecule has 0 bridgehead atoms. The summed E-state index contributed by atoms with van der Waals surface area (Å²) >= 11 is 1.70. The molecule has 4 nitrogen and oxygen atoms in total. The number of hydrogen-bond acceptors (Lipinski definition) is 3. The van der Waals surface area contributed by atoms with Crippen molar-refractivity contribution in [3.8, 4) is 0 Å². The molecule has 0 saturated carbocycles. The standard InChI is InChI=1S/C18H24F2N4S.HI/c1-4-21-18(23-10-8-17-12(2)24-13(3)25-17)22-9-7-14-11-15(19)5-6-16(14)20;/h5-6,11H,4,7-10H2,1-3H3,(H2,21,22,23);1H. The number of guanidine groups is 1. The normalized spacial score (nSPS) is 11.2. The number of hydrogen-bond donors (Lipinski definition) is 2.